The number of amides is 1. The SMILES string of the molecule is CC1CN(C(=O)c2cc3cccc(N)c3[nH]2)C(C)CO1. The first-order chi connectivity index (χ1) is 9.56. The molecule has 1 saturated heterocycles. The second kappa shape index (κ2) is 4.83. The van der Waals surface area contributed by atoms with Crippen LogP contribution < -0.4 is 5.73 Å². The molecule has 0 spiro atoms. The Labute approximate surface area is 117 Å². The lowest BCUT2D eigenvalue weighted by molar-refractivity contribution is -0.0388. The van der Waals surface area contributed by atoms with Crippen molar-refractivity contribution in [1.29, 1.82) is 0 Å². The minimum Gasteiger partial charge on any atom is -0.397 e. The number of carbonyl (C=O) groups excluding carboxylic acids is 1. The molecule has 1 aliphatic rings. The van der Waals surface area contributed by atoms with Crippen LogP contribution in [-0.4, -0.2) is 41.1 Å². The molecule has 1 fully saturated rings. The smallest absolute Gasteiger partial charge is 0.270 e. The summed E-state index contributed by atoms with van der Waals surface area (Å²) < 4.78 is 5.56. The Balaban J connectivity index is 1.94. The number of morpholine rings is 1. The largest absolute Gasteiger partial charge is 0.397 e. The number of rotatable bonds is 1. The molecule has 2 atom stereocenters. The van der Waals surface area contributed by atoms with Gasteiger partial charge < -0.3 is 20.4 Å². The fraction of sp³-hybridized carbons (Fsp3) is 0.400. The maximum absolute atomic E-state index is 12.6. The minimum atomic E-state index is 0.00301. The predicted octanol–water partition coefficient (Wildman–Crippen LogP) is 2.00. The average Bonchev–Trinajstić information content (AvgIpc) is 2.86. The number of nitrogen functional groups attached to an aromatic ring is 1. The first-order valence-corrected chi connectivity index (χ1v) is 6.86. The van der Waals surface area contributed by atoms with Gasteiger partial charge in [-0.3, -0.25) is 4.79 Å². The Morgan fingerprint density at radius 1 is 1.45 bits per heavy atom. The number of carbonyl (C=O) groups is 1. The summed E-state index contributed by atoms with van der Waals surface area (Å²) in [5.41, 5.74) is 7.98. The van der Waals surface area contributed by atoms with Crippen LogP contribution in [0.3, 0.4) is 0 Å². The Morgan fingerprint density at radius 2 is 2.25 bits per heavy atom. The number of para-hydroxylation sites is 1. The maximum Gasteiger partial charge on any atom is 0.270 e. The first kappa shape index (κ1) is 13.0. The molecule has 2 aromatic rings. The second-order valence-corrected chi connectivity index (χ2v) is 5.44. The topological polar surface area (TPSA) is 71.3 Å². The highest BCUT2D eigenvalue weighted by Crippen LogP contribution is 2.23. The van der Waals surface area contributed by atoms with Crippen LogP contribution in [0.5, 0.6) is 0 Å². The van der Waals surface area contributed by atoms with Crippen molar-refractivity contribution in [3.63, 3.8) is 0 Å². The summed E-state index contributed by atoms with van der Waals surface area (Å²) in [5, 5.41) is 0.960. The van der Waals surface area contributed by atoms with Gasteiger partial charge in [-0.2, -0.15) is 0 Å². The molecule has 5 heteroatoms. The van der Waals surface area contributed by atoms with Crippen molar-refractivity contribution in [3.8, 4) is 0 Å². The molecule has 3 N–H and O–H groups in total. The van der Waals surface area contributed by atoms with E-state index in [1.165, 1.54) is 0 Å². The predicted molar refractivity (Wildman–Crippen MR) is 78.6 cm³/mol. The Morgan fingerprint density at radius 3 is 3.00 bits per heavy atom. The van der Waals surface area contributed by atoms with Gasteiger partial charge in [-0.1, -0.05) is 12.1 Å². The number of benzene rings is 1. The van der Waals surface area contributed by atoms with Gasteiger partial charge in [-0.25, -0.2) is 0 Å². The van der Waals surface area contributed by atoms with E-state index in [4.69, 9.17) is 10.5 Å². The van der Waals surface area contributed by atoms with Crippen LogP contribution in [0.4, 0.5) is 5.69 Å². The van der Waals surface area contributed by atoms with Crippen LogP contribution in [0.25, 0.3) is 10.9 Å². The molecule has 3 rings (SSSR count). The van der Waals surface area contributed by atoms with Crippen LogP contribution in [0.15, 0.2) is 24.3 Å². The molecule has 1 amide bonds. The molecular formula is C15H19N3O2. The zero-order valence-electron chi connectivity index (χ0n) is 11.7. The van der Waals surface area contributed by atoms with E-state index in [1.54, 1.807) is 0 Å². The van der Waals surface area contributed by atoms with E-state index in [2.05, 4.69) is 4.98 Å². The van der Waals surface area contributed by atoms with Gasteiger partial charge in [0.25, 0.3) is 5.91 Å². The lowest BCUT2D eigenvalue weighted by Gasteiger charge is -2.36. The number of aromatic nitrogens is 1. The van der Waals surface area contributed by atoms with Crippen LogP contribution >= 0.6 is 0 Å². The van der Waals surface area contributed by atoms with Crippen molar-refractivity contribution in [2.75, 3.05) is 18.9 Å². The van der Waals surface area contributed by atoms with E-state index in [1.807, 2.05) is 43.0 Å². The summed E-state index contributed by atoms with van der Waals surface area (Å²) in [6, 6.07) is 7.61. The van der Waals surface area contributed by atoms with E-state index < -0.39 is 0 Å². The fourth-order valence-corrected chi connectivity index (χ4v) is 2.64. The molecule has 2 unspecified atom stereocenters. The highest BCUT2D eigenvalue weighted by atomic mass is 16.5. The number of anilines is 1. The fourth-order valence-electron chi connectivity index (χ4n) is 2.64. The number of aromatic amines is 1. The molecular weight excluding hydrogens is 254 g/mol. The summed E-state index contributed by atoms with van der Waals surface area (Å²) in [7, 11) is 0. The number of nitrogens with two attached hydrogens (primary N) is 1. The Hall–Kier alpha value is -2.01. The van der Waals surface area contributed by atoms with Gasteiger partial charge in [0.05, 0.1) is 30.0 Å². The normalized spacial score (nSPS) is 23.2. The van der Waals surface area contributed by atoms with Crippen molar-refractivity contribution in [2.24, 2.45) is 0 Å². The lowest BCUT2D eigenvalue weighted by atomic mass is 10.2. The van der Waals surface area contributed by atoms with Gasteiger partial charge in [0.15, 0.2) is 0 Å². The third-order valence-corrected chi connectivity index (χ3v) is 3.79. The van der Waals surface area contributed by atoms with Crippen LogP contribution in [-0.2, 0) is 4.74 Å². The molecule has 20 heavy (non-hydrogen) atoms. The maximum atomic E-state index is 12.6. The highest BCUT2D eigenvalue weighted by Gasteiger charge is 2.29. The van der Waals surface area contributed by atoms with Gasteiger partial charge in [-0.15, -0.1) is 0 Å². The van der Waals surface area contributed by atoms with Gasteiger partial charge in [0.1, 0.15) is 5.69 Å². The van der Waals surface area contributed by atoms with Crippen molar-refractivity contribution in [2.45, 2.75) is 26.0 Å². The van der Waals surface area contributed by atoms with Crippen molar-refractivity contribution in [1.82, 2.24) is 9.88 Å². The first-order valence-electron chi connectivity index (χ1n) is 6.86. The van der Waals surface area contributed by atoms with Crippen molar-refractivity contribution < 1.29 is 9.53 Å². The third kappa shape index (κ3) is 2.14. The highest BCUT2D eigenvalue weighted by molar-refractivity contribution is 6.01. The van der Waals surface area contributed by atoms with Crippen molar-refractivity contribution in [3.05, 3.63) is 30.0 Å². The zero-order chi connectivity index (χ0) is 14.3. The van der Waals surface area contributed by atoms with Gasteiger partial charge in [0, 0.05) is 11.9 Å². The number of nitrogens with zero attached hydrogens (tertiary/aromatic N) is 1. The standard InChI is InChI=1S/C15H19N3O2/c1-9-8-20-10(2)7-18(9)15(19)13-6-11-4-3-5-12(16)14(11)17-13/h3-6,9-10,17H,7-8,16H2,1-2H3. The van der Waals surface area contributed by atoms with Gasteiger partial charge in [-0.05, 0) is 26.0 Å². The minimum absolute atomic E-state index is 0.00301. The number of nitrogens with one attached hydrogen (secondary N) is 1. The summed E-state index contributed by atoms with van der Waals surface area (Å²) in [6.45, 7) is 5.18. The molecule has 106 valence electrons. The van der Waals surface area contributed by atoms with E-state index >= 15 is 0 Å². The van der Waals surface area contributed by atoms with E-state index in [-0.39, 0.29) is 18.1 Å². The second-order valence-electron chi connectivity index (χ2n) is 5.44. The lowest BCUT2D eigenvalue weighted by Crippen LogP contribution is -2.50. The molecule has 0 saturated carbocycles. The van der Waals surface area contributed by atoms with Gasteiger partial charge >= 0.3 is 0 Å². The summed E-state index contributed by atoms with van der Waals surface area (Å²) in [6.07, 6.45) is 0.0737. The summed E-state index contributed by atoms with van der Waals surface area (Å²) in [4.78, 5) is 17.6. The van der Waals surface area contributed by atoms with E-state index in [0.29, 0.717) is 24.5 Å². The quantitative estimate of drug-likeness (QED) is 0.781. The van der Waals surface area contributed by atoms with E-state index in [0.717, 1.165) is 10.9 Å². The number of fused-ring (bicyclic) bond motifs is 1. The third-order valence-electron chi connectivity index (χ3n) is 3.79. The summed E-state index contributed by atoms with van der Waals surface area (Å²) >= 11 is 0. The van der Waals surface area contributed by atoms with E-state index in [9.17, 15) is 4.79 Å². The molecule has 1 aliphatic heterocycles. The van der Waals surface area contributed by atoms with Crippen LogP contribution in [0, 0.1) is 0 Å². The monoisotopic (exact) mass is 273 g/mol. The Kier molecular flexibility index (Phi) is 3.14. The molecule has 5 nitrogen and oxygen atoms in total. The van der Waals surface area contributed by atoms with Crippen molar-refractivity contribution >= 4 is 22.5 Å². The molecule has 1 aromatic carbocycles. The molecule has 0 bridgehead atoms. The zero-order valence-corrected chi connectivity index (χ0v) is 11.7. The number of hydrogen-bond acceptors (Lipinski definition) is 3. The Bertz CT molecular complexity index is 650. The molecule has 1 aromatic heterocycles. The number of ether oxygens (including phenoxy) is 1. The average molecular weight is 273 g/mol. The number of hydrogen-bond donors (Lipinski definition) is 2. The summed E-state index contributed by atoms with van der Waals surface area (Å²) in [5.74, 6) is 0.00301. The van der Waals surface area contributed by atoms with Crippen LogP contribution in [0.2, 0.25) is 0 Å². The molecule has 2 heterocycles. The molecule has 0 radical (unpaired) electrons. The molecule has 0 aliphatic carbocycles. The van der Waals surface area contributed by atoms with Crippen LogP contribution in [0.1, 0.15) is 24.3 Å². The van der Waals surface area contributed by atoms with Gasteiger partial charge in [0.2, 0.25) is 0 Å². The number of H-pyrrole nitrogens is 1.